The minimum absolute atomic E-state index is 0.304. The minimum atomic E-state index is -3.50. The van der Waals surface area contributed by atoms with Crippen LogP contribution in [0.2, 0.25) is 0 Å². The molecule has 1 aliphatic carbocycles. The molecule has 0 spiro atoms. The molecule has 6 nitrogen and oxygen atoms in total. The van der Waals surface area contributed by atoms with E-state index < -0.39 is 20.5 Å². The second-order valence-electron chi connectivity index (χ2n) is 7.40. The summed E-state index contributed by atoms with van der Waals surface area (Å²) in [4.78, 5) is 12.8. The van der Waals surface area contributed by atoms with E-state index >= 15 is 0 Å². The highest BCUT2D eigenvalue weighted by Gasteiger charge is 2.49. The number of ether oxygens (including phenoxy) is 1. The smallest absolute Gasteiger partial charge is 0.245 e. The lowest BCUT2D eigenvalue weighted by Crippen LogP contribution is -2.47. The van der Waals surface area contributed by atoms with Crippen LogP contribution in [0, 0.1) is 11.3 Å². The molecule has 2 aromatic carbocycles. The fraction of sp³-hybridized carbons (Fsp3) is 0.364. The van der Waals surface area contributed by atoms with E-state index in [1.807, 2.05) is 30.3 Å². The van der Waals surface area contributed by atoms with Crippen molar-refractivity contribution < 1.29 is 17.9 Å². The van der Waals surface area contributed by atoms with Gasteiger partial charge in [-0.2, -0.15) is 5.26 Å². The van der Waals surface area contributed by atoms with Crippen LogP contribution in [0.5, 0.6) is 5.75 Å². The van der Waals surface area contributed by atoms with Crippen molar-refractivity contribution in [2.24, 2.45) is 0 Å². The van der Waals surface area contributed by atoms with Gasteiger partial charge in [0.25, 0.3) is 0 Å². The largest absolute Gasteiger partial charge is 0.489 e. The summed E-state index contributed by atoms with van der Waals surface area (Å²) in [7, 11) is -3.50. The molecule has 0 unspecified atom stereocenters. The molecule has 1 amide bonds. The lowest BCUT2D eigenvalue weighted by Gasteiger charge is -2.25. The van der Waals surface area contributed by atoms with E-state index in [9.17, 15) is 13.2 Å². The number of hydrogen-bond acceptors (Lipinski definition) is 5. The zero-order chi connectivity index (χ0) is 20.9. The quantitative estimate of drug-likeness (QED) is 0.749. The second kappa shape index (κ2) is 8.66. The molecule has 0 aromatic heterocycles. The number of anilines is 1. The third-order valence-corrected chi connectivity index (χ3v) is 7.34. The van der Waals surface area contributed by atoms with Gasteiger partial charge in [-0.15, -0.1) is 0 Å². The van der Waals surface area contributed by atoms with E-state index in [0.29, 0.717) is 37.3 Å². The highest BCUT2D eigenvalue weighted by atomic mass is 32.2. The topological polar surface area (TPSA) is 96.3 Å². The lowest BCUT2D eigenvalue weighted by atomic mass is 10.1. The Balaban J connectivity index is 1.66. The van der Waals surface area contributed by atoms with Gasteiger partial charge in [-0.3, -0.25) is 4.79 Å². The maximum atomic E-state index is 12.8. The molecule has 0 bridgehead atoms. The van der Waals surface area contributed by atoms with E-state index in [2.05, 4.69) is 11.4 Å². The van der Waals surface area contributed by atoms with Gasteiger partial charge >= 0.3 is 0 Å². The van der Waals surface area contributed by atoms with Crippen molar-refractivity contribution >= 4 is 21.4 Å². The highest BCUT2D eigenvalue weighted by Crippen LogP contribution is 2.37. The minimum Gasteiger partial charge on any atom is -0.489 e. The van der Waals surface area contributed by atoms with E-state index in [1.165, 1.54) is 0 Å². The molecular weight excluding hydrogens is 388 g/mol. The van der Waals surface area contributed by atoms with Crippen molar-refractivity contribution in [2.75, 3.05) is 11.6 Å². The molecule has 1 N–H and O–H groups in total. The van der Waals surface area contributed by atoms with Gasteiger partial charge in [-0.05, 0) is 48.2 Å². The first kappa shape index (κ1) is 20.9. The van der Waals surface area contributed by atoms with E-state index in [4.69, 9.17) is 10.00 Å². The van der Waals surface area contributed by atoms with Gasteiger partial charge in [-0.25, -0.2) is 8.42 Å². The SMILES string of the molecule is CS(=O)(=O)C1(C(=O)Nc2cccc(COc3ccc(CC#N)cc3)c2)CCCC1. The third-order valence-electron chi connectivity index (χ3n) is 5.33. The van der Waals surface area contributed by atoms with Gasteiger partial charge in [-0.1, -0.05) is 37.1 Å². The maximum absolute atomic E-state index is 12.8. The number of benzene rings is 2. The zero-order valence-corrected chi connectivity index (χ0v) is 17.2. The monoisotopic (exact) mass is 412 g/mol. The Morgan fingerprint density at radius 3 is 2.45 bits per heavy atom. The summed E-state index contributed by atoms with van der Waals surface area (Å²) in [6.45, 7) is 0.304. The van der Waals surface area contributed by atoms with E-state index in [1.54, 1.807) is 18.2 Å². The normalized spacial score (nSPS) is 15.4. The van der Waals surface area contributed by atoms with Gasteiger partial charge in [0, 0.05) is 11.9 Å². The number of hydrogen-bond donors (Lipinski definition) is 1. The van der Waals surface area contributed by atoms with Gasteiger partial charge < -0.3 is 10.1 Å². The van der Waals surface area contributed by atoms with Crippen LogP contribution in [0.3, 0.4) is 0 Å². The molecule has 0 atom stereocenters. The first-order chi connectivity index (χ1) is 13.8. The van der Waals surface area contributed by atoms with Crippen molar-refractivity contribution in [3.8, 4) is 11.8 Å². The predicted octanol–water partition coefficient (Wildman–Crippen LogP) is 3.63. The van der Waals surface area contributed by atoms with Crippen LogP contribution < -0.4 is 10.1 Å². The van der Waals surface area contributed by atoms with Gasteiger partial charge in [0.05, 0.1) is 12.5 Å². The number of nitriles is 1. The van der Waals surface area contributed by atoms with Gasteiger partial charge in [0.15, 0.2) is 14.6 Å². The van der Waals surface area contributed by atoms with Crippen LogP contribution >= 0.6 is 0 Å². The van der Waals surface area contributed by atoms with Crippen molar-refractivity contribution in [1.29, 1.82) is 5.26 Å². The maximum Gasteiger partial charge on any atom is 0.245 e. The highest BCUT2D eigenvalue weighted by molar-refractivity contribution is 7.92. The van der Waals surface area contributed by atoms with Crippen LogP contribution in [0.15, 0.2) is 48.5 Å². The molecule has 1 fully saturated rings. The summed E-state index contributed by atoms with van der Waals surface area (Å²) in [5.41, 5.74) is 2.33. The number of nitrogens with one attached hydrogen (secondary N) is 1. The summed E-state index contributed by atoms with van der Waals surface area (Å²) in [5, 5.41) is 11.5. The molecule has 1 saturated carbocycles. The van der Waals surface area contributed by atoms with Crippen molar-refractivity contribution in [3.05, 3.63) is 59.7 Å². The molecule has 3 rings (SSSR count). The first-order valence-electron chi connectivity index (χ1n) is 9.53. The Bertz CT molecular complexity index is 1020. The summed E-state index contributed by atoms with van der Waals surface area (Å²) in [6, 6.07) is 16.6. The Kier molecular flexibility index (Phi) is 6.23. The Labute approximate surface area is 171 Å². The zero-order valence-electron chi connectivity index (χ0n) is 16.3. The fourth-order valence-corrected chi connectivity index (χ4v) is 5.08. The van der Waals surface area contributed by atoms with Crippen molar-refractivity contribution in [3.63, 3.8) is 0 Å². The number of carbonyl (C=O) groups is 1. The lowest BCUT2D eigenvalue weighted by molar-refractivity contribution is -0.118. The molecule has 0 heterocycles. The summed E-state index contributed by atoms with van der Waals surface area (Å²) >= 11 is 0. The average molecular weight is 413 g/mol. The third kappa shape index (κ3) is 4.77. The van der Waals surface area contributed by atoms with E-state index in [0.717, 1.165) is 30.2 Å². The molecule has 0 saturated heterocycles. The van der Waals surface area contributed by atoms with E-state index in [-0.39, 0.29) is 0 Å². The summed E-state index contributed by atoms with van der Waals surface area (Å²) < 4.78 is 29.0. The van der Waals surface area contributed by atoms with Crippen LogP contribution in [0.1, 0.15) is 36.8 Å². The molecule has 1 aliphatic rings. The number of nitrogens with zero attached hydrogens (tertiary/aromatic N) is 1. The average Bonchev–Trinajstić information content (AvgIpc) is 3.20. The molecule has 2 aromatic rings. The van der Waals surface area contributed by atoms with Crippen LogP contribution in [0.4, 0.5) is 5.69 Å². The van der Waals surface area contributed by atoms with Crippen molar-refractivity contribution in [1.82, 2.24) is 0 Å². The summed E-state index contributed by atoms with van der Waals surface area (Å²) in [5.74, 6) is 0.228. The first-order valence-corrected chi connectivity index (χ1v) is 11.4. The number of carbonyl (C=O) groups excluding carboxylic acids is 1. The number of rotatable bonds is 7. The molecule has 152 valence electrons. The molecule has 0 aliphatic heterocycles. The predicted molar refractivity (Wildman–Crippen MR) is 111 cm³/mol. The molecule has 7 heteroatoms. The number of sulfone groups is 1. The van der Waals surface area contributed by atoms with Crippen LogP contribution in [-0.2, 0) is 27.7 Å². The van der Waals surface area contributed by atoms with Crippen LogP contribution in [-0.4, -0.2) is 25.3 Å². The molecular formula is C22H24N2O4S. The van der Waals surface area contributed by atoms with Crippen LogP contribution in [0.25, 0.3) is 0 Å². The summed E-state index contributed by atoms with van der Waals surface area (Å²) in [6.07, 6.45) is 3.70. The Morgan fingerprint density at radius 1 is 1.14 bits per heavy atom. The molecule has 29 heavy (non-hydrogen) atoms. The Morgan fingerprint density at radius 2 is 1.83 bits per heavy atom. The molecule has 0 radical (unpaired) electrons. The second-order valence-corrected chi connectivity index (χ2v) is 9.72. The Hall–Kier alpha value is -2.85. The van der Waals surface area contributed by atoms with Crippen molar-refractivity contribution in [2.45, 2.75) is 43.5 Å². The standard InChI is InChI=1S/C22H24N2O4S/c1-29(26,27)22(12-2-3-13-22)21(25)24-19-6-4-5-18(15-19)16-28-20-9-7-17(8-10-20)11-14-23/h4-10,15H,2-3,11-13,16H2,1H3,(H,24,25). The van der Waals surface area contributed by atoms with Gasteiger partial charge in [0.2, 0.25) is 5.91 Å². The van der Waals surface area contributed by atoms with Gasteiger partial charge in [0.1, 0.15) is 12.4 Å². The fourth-order valence-electron chi connectivity index (χ4n) is 3.66. The number of amides is 1.